The molecule has 1 N–H and O–H groups in total. The van der Waals surface area contributed by atoms with E-state index in [0.29, 0.717) is 0 Å². The third kappa shape index (κ3) is 4.01. The first-order valence-electron chi connectivity index (χ1n) is 7.97. The average Bonchev–Trinajstić information content (AvgIpc) is 2.51. The lowest BCUT2D eigenvalue weighted by atomic mass is 10.0. The van der Waals surface area contributed by atoms with Crippen molar-refractivity contribution in [2.24, 2.45) is 0 Å². The van der Waals surface area contributed by atoms with Crippen molar-refractivity contribution in [3.05, 3.63) is 30.1 Å². The zero-order valence-corrected chi connectivity index (χ0v) is 12.3. The predicted molar refractivity (Wildman–Crippen MR) is 81.6 cm³/mol. The van der Waals surface area contributed by atoms with E-state index in [9.17, 15) is 0 Å². The van der Waals surface area contributed by atoms with E-state index in [1.165, 1.54) is 64.1 Å². The summed E-state index contributed by atoms with van der Waals surface area (Å²) < 4.78 is 0. The highest BCUT2D eigenvalue weighted by atomic mass is 15.3. The molecule has 0 bridgehead atoms. The van der Waals surface area contributed by atoms with Crippen molar-refractivity contribution < 1.29 is 0 Å². The third-order valence-electron chi connectivity index (χ3n) is 4.48. The Labute approximate surface area is 122 Å². The summed E-state index contributed by atoms with van der Waals surface area (Å²) in [6, 6.07) is 4.93. The maximum atomic E-state index is 4.20. The molecular formula is C16H26N4. The number of pyridine rings is 1. The number of rotatable bonds is 4. The van der Waals surface area contributed by atoms with Crippen LogP contribution < -0.4 is 5.32 Å². The van der Waals surface area contributed by atoms with Gasteiger partial charge in [-0.25, -0.2) is 0 Å². The van der Waals surface area contributed by atoms with Crippen molar-refractivity contribution >= 4 is 0 Å². The molecule has 0 saturated carbocycles. The normalized spacial score (nSPS) is 25.7. The van der Waals surface area contributed by atoms with Gasteiger partial charge in [-0.05, 0) is 31.0 Å². The van der Waals surface area contributed by atoms with Gasteiger partial charge < -0.3 is 5.32 Å². The van der Waals surface area contributed by atoms with Crippen molar-refractivity contribution in [1.29, 1.82) is 0 Å². The Bertz CT molecular complexity index is 381. The Kier molecular flexibility index (Phi) is 5.01. The van der Waals surface area contributed by atoms with Gasteiger partial charge in [0, 0.05) is 57.7 Å². The van der Waals surface area contributed by atoms with Crippen molar-refractivity contribution in [2.45, 2.75) is 31.8 Å². The highest BCUT2D eigenvalue weighted by Crippen LogP contribution is 2.11. The van der Waals surface area contributed by atoms with Crippen LogP contribution in [0.5, 0.6) is 0 Å². The van der Waals surface area contributed by atoms with E-state index in [-0.39, 0.29) is 0 Å². The molecule has 2 saturated heterocycles. The zero-order valence-electron chi connectivity index (χ0n) is 12.3. The average molecular weight is 274 g/mol. The molecule has 2 fully saturated rings. The summed E-state index contributed by atoms with van der Waals surface area (Å²) in [7, 11) is 0. The molecule has 2 aliphatic heterocycles. The second kappa shape index (κ2) is 7.16. The number of aromatic nitrogens is 1. The van der Waals surface area contributed by atoms with Crippen LogP contribution in [0.4, 0.5) is 0 Å². The summed E-state index contributed by atoms with van der Waals surface area (Å²) >= 11 is 0. The van der Waals surface area contributed by atoms with Crippen molar-refractivity contribution in [1.82, 2.24) is 20.1 Å². The van der Waals surface area contributed by atoms with Crippen LogP contribution in [0.1, 0.15) is 24.8 Å². The summed E-state index contributed by atoms with van der Waals surface area (Å²) in [5.74, 6) is 0. The number of piperazine rings is 1. The van der Waals surface area contributed by atoms with Crippen LogP contribution in [0.15, 0.2) is 24.5 Å². The Morgan fingerprint density at radius 3 is 2.70 bits per heavy atom. The summed E-state index contributed by atoms with van der Waals surface area (Å²) in [6.07, 6.45) is 7.95. The molecule has 0 amide bonds. The molecule has 3 heterocycles. The number of hydrogen-bond acceptors (Lipinski definition) is 4. The minimum Gasteiger partial charge on any atom is -0.313 e. The van der Waals surface area contributed by atoms with Gasteiger partial charge in [-0.1, -0.05) is 12.5 Å². The summed E-state index contributed by atoms with van der Waals surface area (Å²) in [4.78, 5) is 9.37. The smallest absolute Gasteiger partial charge is 0.0312 e. The first-order chi connectivity index (χ1) is 9.90. The van der Waals surface area contributed by atoms with Crippen LogP contribution in [0, 0.1) is 0 Å². The van der Waals surface area contributed by atoms with E-state index in [1.807, 2.05) is 18.5 Å². The highest BCUT2D eigenvalue weighted by molar-refractivity contribution is 5.08. The quantitative estimate of drug-likeness (QED) is 0.898. The number of hydrogen-bond donors (Lipinski definition) is 1. The Morgan fingerprint density at radius 2 is 2.00 bits per heavy atom. The highest BCUT2D eigenvalue weighted by Gasteiger charge is 2.21. The molecule has 0 aliphatic carbocycles. The van der Waals surface area contributed by atoms with Crippen molar-refractivity contribution in [3.63, 3.8) is 0 Å². The first kappa shape index (κ1) is 14.0. The lowest BCUT2D eigenvalue weighted by molar-refractivity contribution is 0.114. The van der Waals surface area contributed by atoms with Gasteiger partial charge in [0.05, 0.1) is 0 Å². The molecule has 1 atom stereocenters. The number of piperidine rings is 1. The van der Waals surface area contributed by atoms with E-state index >= 15 is 0 Å². The van der Waals surface area contributed by atoms with Crippen LogP contribution >= 0.6 is 0 Å². The maximum Gasteiger partial charge on any atom is 0.0312 e. The molecule has 0 unspecified atom stereocenters. The van der Waals surface area contributed by atoms with Gasteiger partial charge in [-0.3, -0.25) is 14.8 Å². The van der Waals surface area contributed by atoms with Crippen LogP contribution in [0.2, 0.25) is 0 Å². The van der Waals surface area contributed by atoms with E-state index in [0.717, 1.165) is 12.6 Å². The molecule has 0 radical (unpaired) electrons. The Balaban J connectivity index is 1.40. The molecular weight excluding hydrogens is 248 g/mol. The second-order valence-electron chi connectivity index (χ2n) is 6.08. The standard InChI is InChI=1S/C16H26N4/c1-2-7-18-16(5-1)14-20-10-8-19(9-11-20)13-15-4-3-6-17-12-15/h3-4,6,12,16,18H,1-2,5,7-11,13-14H2/t16-/m1/s1. The monoisotopic (exact) mass is 274 g/mol. The molecule has 20 heavy (non-hydrogen) atoms. The SMILES string of the molecule is c1cncc(CN2CCN(C[C@H]3CCCCN3)CC2)c1. The van der Waals surface area contributed by atoms with E-state index in [2.05, 4.69) is 26.2 Å². The molecule has 2 aliphatic rings. The molecule has 1 aromatic heterocycles. The Morgan fingerprint density at radius 1 is 1.15 bits per heavy atom. The Hall–Kier alpha value is -0.970. The third-order valence-corrected chi connectivity index (χ3v) is 4.48. The molecule has 4 nitrogen and oxygen atoms in total. The van der Waals surface area contributed by atoms with Gasteiger partial charge in [0.25, 0.3) is 0 Å². The van der Waals surface area contributed by atoms with Crippen LogP contribution in [0.3, 0.4) is 0 Å². The fourth-order valence-corrected chi connectivity index (χ4v) is 3.27. The van der Waals surface area contributed by atoms with Gasteiger partial charge in [0.2, 0.25) is 0 Å². The van der Waals surface area contributed by atoms with Crippen LogP contribution in [-0.4, -0.2) is 60.1 Å². The second-order valence-corrected chi connectivity index (χ2v) is 6.08. The summed E-state index contributed by atoms with van der Waals surface area (Å²) in [5, 5.41) is 3.65. The lowest BCUT2D eigenvalue weighted by Crippen LogP contribution is -2.51. The van der Waals surface area contributed by atoms with Crippen LogP contribution in [-0.2, 0) is 6.54 Å². The topological polar surface area (TPSA) is 31.4 Å². The number of nitrogens with zero attached hydrogens (tertiary/aromatic N) is 3. The van der Waals surface area contributed by atoms with Crippen molar-refractivity contribution in [2.75, 3.05) is 39.3 Å². The van der Waals surface area contributed by atoms with Gasteiger partial charge in [0.1, 0.15) is 0 Å². The van der Waals surface area contributed by atoms with Gasteiger partial charge in [0.15, 0.2) is 0 Å². The zero-order chi connectivity index (χ0) is 13.6. The van der Waals surface area contributed by atoms with Gasteiger partial charge >= 0.3 is 0 Å². The summed E-state index contributed by atoms with van der Waals surface area (Å²) in [5.41, 5.74) is 1.33. The first-order valence-corrected chi connectivity index (χ1v) is 7.97. The minimum atomic E-state index is 0.730. The molecule has 110 valence electrons. The molecule has 4 heteroatoms. The van der Waals surface area contributed by atoms with Gasteiger partial charge in [-0.2, -0.15) is 0 Å². The minimum absolute atomic E-state index is 0.730. The molecule has 0 aromatic carbocycles. The van der Waals surface area contributed by atoms with Gasteiger partial charge in [-0.15, -0.1) is 0 Å². The van der Waals surface area contributed by atoms with Crippen molar-refractivity contribution in [3.8, 4) is 0 Å². The molecule has 0 spiro atoms. The van der Waals surface area contributed by atoms with E-state index in [1.54, 1.807) is 0 Å². The lowest BCUT2D eigenvalue weighted by Gasteiger charge is -2.37. The predicted octanol–water partition coefficient (Wildman–Crippen LogP) is 1.34. The number of nitrogens with one attached hydrogen (secondary N) is 1. The summed E-state index contributed by atoms with van der Waals surface area (Å²) in [6.45, 7) is 8.27. The fraction of sp³-hybridized carbons (Fsp3) is 0.688. The van der Waals surface area contributed by atoms with E-state index in [4.69, 9.17) is 0 Å². The largest absolute Gasteiger partial charge is 0.313 e. The molecule has 3 rings (SSSR count). The van der Waals surface area contributed by atoms with Crippen LogP contribution in [0.25, 0.3) is 0 Å². The van der Waals surface area contributed by atoms with E-state index < -0.39 is 0 Å². The fourth-order valence-electron chi connectivity index (χ4n) is 3.27. The maximum absolute atomic E-state index is 4.20. The molecule has 1 aromatic rings.